The van der Waals surface area contributed by atoms with Crippen molar-refractivity contribution in [1.82, 2.24) is 9.97 Å². The Kier molecular flexibility index (Phi) is 6.38. The number of ether oxygens (including phenoxy) is 1. The Balaban J connectivity index is 1.51. The van der Waals surface area contributed by atoms with Crippen LogP contribution in [0.5, 0.6) is 5.75 Å². The molecule has 1 aromatic heterocycles. The lowest BCUT2D eigenvalue weighted by Gasteiger charge is -2.23. The molecule has 0 saturated carbocycles. The number of nitro groups is 1. The predicted octanol–water partition coefficient (Wildman–Crippen LogP) is 7.22. The molecule has 1 aliphatic rings. The first kappa shape index (κ1) is 24.5. The van der Waals surface area contributed by atoms with Crippen LogP contribution < -0.4 is 9.75 Å². The van der Waals surface area contributed by atoms with Crippen LogP contribution in [0.4, 0.5) is 11.6 Å². The summed E-state index contributed by atoms with van der Waals surface area (Å²) in [5.41, 5.74) is 4.92. The van der Waals surface area contributed by atoms with E-state index in [9.17, 15) is 10.1 Å². The monoisotopic (exact) mass is 535 g/mol. The van der Waals surface area contributed by atoms with E-state index in [1.54, 1.807) is 24.3 Å². The summed E-state index contributed by atoms with van der Waals surface area (Å²) in [7, 11) is 1.62. The summed E-state index contributed by atoms with van der Waals surface area (Å²) >= 11 is 6.15. The molecule has 9 heteroatoms. The summed E-state index contributed by atoms with van der Waals surface area (Å²) in [4.78, 5) is 21.0. The number of nitro benzene ring substituents is 1. The van der Waals surface area contributed by atoms with Gasteiger partial charge in [-0.05, 0) is 53.6 Å². The van der Waals surface area contributed by atoms with Gasteiger partial charge in [0.05, 0.1) is 35.0 Å². The number of fused-ring (bicyclic) bond motifs is 1. The molecule has 2 heterocycles. The average Bonchev–Trinajstić information content (AvgIpc) is 3.43. The molecule has 0 saturated heterocycles. The number of hydrogen-bond acceptors (Lipinski definition) is 7. The summed E-state index contributed by atoms with van der Waals surface area (Å²) in [5.74, 6) is 1.15. The minimum atomic E-state index is -0.390. The first-order chi connectivity index (χ1) is 19.0. The zero-order chi connectivity index (χ0) is 26.9. The lowest BCUT2D eigenvalue weighted by Crippen LogP contribution is -2.21. The van der Waals surface area contributed by atoms with Crippen molar-refractivity contribution in [3.8, 4) is 17.0 Å². The van der Waals surface area contributed by atoms with Gasteiger partial charge in [-0.1, -0.05) is 54.1 Å². The van der Waals surface area contributed by atoms with Crippen molar-refractivity contribution in [2.24, 2.45) is 5.10 Å². The van der Waals surface area contributed by atoms with E-state index in [4.69, 9.17) is 31.4 Å². The predicted molar refractivity (Wildman–Crippen MR) is 152 cm³/mol. The number of hydrogen-bond donors (Lipinski definition) is 0. The summed E-state index contributed by atoms with van der Waals surface area (Å²) in [6.45, 7) is 0. The molecule has 1 atom stereocenters. The highest BCUT2D eigenvalue weighted by atomic mass is 35.5. The topological polar surface area (TPSA) is 93.8 Å². The summed E-state index contributed by atoms with van der Waals surface area (Å²) < 4.78 is 5.31. The summed E-state index contributed by atoms with van der Waals surface area (Å²) in [6, 6.07) is 29.3. The fourth-order valence-electron chi connectivity index (χ4n) is 4.75. The number of benzene rings is 4. The maximum atomic E-state index is 11.6. The molecule has 0 spiro atoms. The fourth-order valence-corrected chi connectivity index (χ4v) is 4.88. The first-order valence-electron chi connectivity index (χ1n) is 12.3. The standard InChI is InChI=1S/C30H22ClN5O3/c1-39-24-15-11-19(12-16-24)27-18-28(21-5-4-6-23(17-21)36(37)38)35(34-27)30-32-26-8-3-2-7-25(26)29(33-30)20-9-13-22(31)14-10-20/h2-17,28H,18H2,1H3/t28-/m0/s1. The quantitative estimate of drug-likeness (QED) is 0.168. The van der Waals surface area contributed by atoms with E-state index in [0.29, 0.717) is 17.4 Å². The van der Waals surface area contributed by atoms with Gasteiger partial charge < -0.3 is 4.74 Å². The van der Waals surface area contributed by atoms with Gasteiger partial charge in [0, 0.05) is 34.5 Å². The molecule has 0 amide bonds. The van der Waals surface area contributed by atoms with Crippen LogP contribution in [0.2, 0.25) is 5.02 Å². The molecule has 39 heavy (non-hydrogen) atoms. The fraction of sp³-hybridized carbons (Fsp3) is 0.100. The number of anilines is 1. The Morgan fingerprint density at radius 2 is 1.67 bits per heavy atom. The van der Waals surface area contributed by atoms with Crippen LogP contribution in [0.1, 0.15) is 23.6 Å². The van der Waals surface area contributed by atoms with Crippen molar-refractivity contribution in [1.29, 1.82) is 0 Å². The van der Waals surface area contributed by atoms with Crippen LogP contribution in [0.3, 0.4) is 0 Å². The molecule has 0 unspecified atom stereocenters. The third-order valence-corrected chi connectivity index (χ3v) is 6.97. The van der Waals surface area contributed by atoms with Gasteiger partial charge in [0.15, 0.2) is 0 Å². The smallest absolute Gasteiger partial charge is 0.269 e. The van der Waals surface area contributed by atoms with Gasteiger partial charge in [-0.3, -0.25) is 10.1 Å². The number of hydrazone groups is 1. The average molecular weight is 536 g/mol. The number of rotatable bonds is 6. The molecular weight excluding hydrogens is 514 g/mol. The van der Waals surface area contributed by atoms with Gasteiger partial charge in [0.1, 0.15) is 5.75 Å². The van der Waals surface area contributed by atoms with Gasteiger partial charge in [-0.15, -0.1) is 0 Å². The van der Waals surface area contributed by atoms with Gasteiger partial charge in [0.25, 0.3) is 5.69 Å². The minimum Gasteiger partial charge on any atom is -0.497 e. The molecule has 0 radical (unpaired) electrons. The summed E-state index contributed by atoms with van der Waals surface area (Å²) in [6.07, 6.45) is 0.514. The minimum absolute atomic E-state index is 0.0200. The van der Waals surface area contributed by atoms with Crippen molar-refractivity contribution in [2.45, 2.75) is 12.5 Å². The van der Waals surface area contributed by atoms with E-state index >= 15 is 0 Å². The Morgan fingerprint density at radius 1 is 0.923 bits per heavy atom. The van der Waals surface area contributed by atoms with Crippen LogP contribution >= 0.6 is 11.6 Å². The Morgan fingerprint density at radius 3 is 2.41 bits per heavy atom. The van der Waals surface area contributed by atoms with Crippen molar-refractivity contribution in [2.75, 3.05) is 12.1 Å². The molecular formula is C30H22ClN5O3. The van der Waals surface area contributed by atoms with Crippen molar-refractivity contribution < 1.29 is 9.66 Å². The molecule has 6 rings (SSSR count). The molecule has 5 aromatic rings. The van der Waals surface area contributed by atoms with Crippen molar-refractivity contribution in [3.63, 3.8) is 0 Å². The lowest BCUT2D eigenvalue weighted by atomic mass is 9.98. The number of non-ortho nitro benzene ring substituents is 1. The SMILES string of the molecule is COc1ccc(C2=NN(c3nc(-c4ccc(Cl)cc4)c4ccccc4n3)[C@H](c3cccc([N+](=O)[O-])c3)C2)cc1. The number of nitrogens with zero attached hydrogens (tertiary/aromatic N) is 5. The van der Waals surface area contributed by atoms with Gasteiger partial charge in [-0.25, -0.2) is 15.0 Å². The normalized spacial score (nSPS) is 14.9. The molecule has 0 bridgehead atoms. The third-order valence-electron chi connectivity index (χ3n) is 6.71. The second-order valence-electron chi connectivity index (χ2n) is 9.09. The number of aromatic nitrogens is 2. The molecule has 0 fully saturated rings. The van der Waals surface area contributed by atoms with Gasteiger partial charge in [-0.2, -0.15) is 5.10 Å². The third kappa shape index (κ3) is 4.78. The lowest BCUT2D eigenvalue weighted by molar-refractivity contribution is -0.384. The van der Waals surface area contributed by atoms with Crippen molar-refractivity contribution >= 4 is 39.9 Å². The Hall–Kier alpha value is -4.82. The Bertz CT molecular complexity index is 1720. The van der Waals surface area contributed by atoms with Gasteiger partial charge >= 0.3 is 0 Å². The van der Waals surface area contributed by atoms with Crippen molar-refractivity contribution in [3.05, 3.63) is 123 Å². The van der Waals surface area contributed by atoms with Crippen LogP contribution in [0.15, 0.2) is 102 Å². The molecule has 0 aliphatic carbocycles. The Labute approximate surface area is 229 Å². The van der Waals surface area contributed by atoms with E-state index < -0.39 is 0 Å². The highest BCUT2D eigenvalue weighted by Crippen LogP contribution is 2.38. The van der Waals surface area contributed by atoms with Crippen LogP contribution in [-0.4, -0.2) is 27.7 Å². The molecule has 0 N–H and O–H groups in total. The zero-order valence-corrected chi connectivity index (χ0v) is 21.6. The molecule has 8 nitrogen and oxygen atoms in total. The highest BCUT2D eigenvalue weighted by Gasteiger charge is 2.33. The first-order valence-corrected chi connectivity index (χ1v) is 12.7. The van der Waals surface area contributed by atoms with E-state index in [1.807, 2.05) is 78.9 Å². The molecule has 4 aromatic carbocycles. The van der Waals surface area contributed by atoms with Crippen LogP contribution in [0, 0.1) is 10.1 Å². The maximum absolute atomic E-state index is 11.6. The largest absolute Gasteiger partial charge is 0.497 e. The van der Waals surface area contributed by atoms with E-state index in [0.717, 1.165) is 44.7 Å². The van der Waals surface area contributed by atoms with Crippen LogP contribution in [0.25, 0.3) is 22.2 Å². The maximum Gasteiger partial charge on any atom is 0.269 e. The molecule has 192 valence electrons. The second kappa shape index (κ2) is 10.2. The van der Waals surface area contributed by atoms with E-state index in [-0.39, 0.29) is 16.7 Å². The van der Waals surface area contributed by atoms with Gasteiger partial charge in [0.2, 0.25) is 5.95 Å². The number of para-hydroxylation sites is 1. The summed E-state index contributed by atoms with van der Waals surface area (Å²) in [5, 5.41) is 19.8. The highest BCUT2D eigenvalue weighted by molar-refractivity contribution is 6.30. The van der Waals surface area contributed by atoms with Crippen LogP contribution in [-0.2, 0) is 0 Å². The second-order valence-corrected chi connectivity index (χ2v) is 9.52. The zero-order valence-electron chi connectivity index (χ0n) is 20.9. The van der Waals surface area contributed by atoms with E-state index in [1.165, 1.54) is 6.07 Å². The van der Waals surface area contributed by atoms with E-state index in [2.05, 4.69) is 0 Å². The molecule has 1 aliphatic heterocycles. The number of methoxy groups -OCH3 is 1. The number of halogens is 1.